The molecule has 2 unspecified atom stereocenters. The van der Waals surface area contributed by atoms with Crippen molar-refractivity contribution in [3.05, 3.63) is 57.0 Å². The molecule has 1 aliphatic rings. The minimum Gasteiger partial charge on any atom is -0.508 e. The minimum atomic E-state index is -0.739. The van der Waals surface area contributed by atoms with E-state index in [1.807, 2.05) is 0 Å². The smallest absolute Gasteiger partial charge is 0.308 e. The lowest BCUT2D eigenvalue weighted by Gasteiger charge is -2.20. The highest BCUT2D eigenvalue weighted by Gasteiger charge is 2.21. The molecule has 2 atom stereocenters. The third-order valence-corrected chi connectivity index (χ3v) is 5.79. The van der Waals surface area contributed by atoms with Crippen LogP contribution in [-0.4, -0.2) is 66.3 Å². The van der Waals surface area contributed by atoms with Gasteiger partial charge in [-0.1, -0.05) is 27.5 Å². The van der Waals surface area contributed by atoms with Crippen molar-refractivity contribution < 1.29 is 29.3 Å². The predicted molar refractivity (Wildman–Crippen MR) is 142 cm³/mol. The normalized spacial score (nSPS) is 15.6. The minimum absolute atomic E-state index is 0.105. The number of hydrogen-bond acceptors (Lipinski definition) is 9. The molecule has 0 saturated carbocycles. The molecule has 0 aromatic heterocycles. The third kappa shape index (κ3) is 8.92. The van der Waals surface area contributed by atoms with Gasteiger partial charge in [0.15, 0.2) is 5.96 Å². The lowest BCUT2D eigenvalue weighted by atomic mass is 10.0. The van der Waals surface area contributed by atoms with Crippen molar-refractivity contribution in [1.29, 1.82) is 0 Å². The summed E-state index contributed by atoms with van der Waals surface area (Å²) in [4.78, 5) is 41.6. The fourth-order valence-electron chi connectivity index (χ4n) is 3.49. The Morgan fingerprint density at radius 2 is 2.03 bits per heavy atom. The number of rotatable bonds is 9. The van der Waals surface area contributed by atoms with Crippen LogP contribution in [0.3, 0.4) is 0 Å². The number of phenols is 1. The molecule has 1 aliphatic heterocycles. The first-order chi connectivity index (χ1) is 17.6. The Labute approximate surface area is 226 Å². The van der Waals surface area contributed by atoms with E-state index >= 15 is 0 Å². The molecule has 1 heterocycles. The van der Waals surface area contributed by atoms with Gasteiger partial charge in [-0.15, -0.1) is 0 Å². The molecule has 198 valence electrons. The van der Waals surface area contributed by atoms with Gasteiger partial charge in [0.2, 0.25) is 5.91 Å². The number of aliphatic imine (C=N–C) groups is 1. The lowest BCUT2D eigenvalue weighted by Crippen LogP contribution is -2.42. The number of aliphatic hydroxyl groups excluding tert-OH is 1. The largest absolute Gasteiger partial charge is 0.508 e. The van der Waals surface area contributed by atoms with Crippen LogP contribution >= 0.6 is 27.5 Å². The number of esters is 1. The molecule has 0 aliphatic carbocycles. The number of carbonyl (C=O) groups is 3. The van der Waals surface area contributed by atoms with Crippen molar-refractivity contribution in [3.8, 4) is 5.75 Å². The first-order valence-electron chi connectivity index (χ1n) is 11.4. The summed E-state index contributed by atoms with van der Waals surface area (Å²) in [6.45, 7) is 2.03. The molecule has 37 heavy (non-hydrogen) atoms. The molecule has 0 bridgehead atoms. The average molecular weight is 597 g/mol. The highest BCUT2D eigenvalue weighted by atomic mass is 79.9. The molecule has 6 N–H and O–H groups in total. The Hall–Kier alpha value is -3.35. The Kier molecular flexibility index (Phi) is 10.1. The summed E-state index contributed by atoms with van der Waals surface area (Å²) in [5, 5.41) is 31.0. The summed E-state index contributed by atoms with van der Waals surface area (Å²) in [7, 11) is 0. The van der Waals surface area contributed by atoms with E-state index in [4.69, 9.17) is 16.3 Å². The molecular weight excluding hydrogens is 570 g/mol. The van der Waals surface area contributed by atoms with Crippen LogP contribution in [0.1, 0.15) is 35.3 Å². The number of aliphatic hydroxyl groups is 1. The fraction of sp³-hybridized carbons (Fsp3) is 0.333. The number of phenolic OH excluding ortho intramolecular Hbond substituents is 1. The van der Waals surface area contributed by atoms with E-state index in [0.717, 1.165) is 0 Å². The first kappa shape index (κ1) is 28.2. The Balaban J connectivity index is 1.64. The number of ether oxygens (including phenoxy) is 1. The van der Waals surface area contributed by atoms with Crippen LogP contribution in [0.5, 0.6) is 5.75 Å². The van der Waals surface area contributed by atoms with E-state index in [1.165, 1.54) is 18.2 Å². The highest BCUT2D eigenvalue weighted by Crippen LogP contribution is 2.26. The third-order valence-electron chi connectivity index (χ3n) is 5.12. The second-order valence-electron chi connectivity index (χ2n) is 8.13. The molecule has 13 heteroatoms. The Morgan fingerprint density at radius 3 is 2.70 bits per heavy atom. The number of nitrogens with one attached hydrogen (secondary N) is 4. The van der Waals surface area contributed by atoms with Gasteiger partial charge in [0.25, 0.3) is 5.91 Å². The molecule has 0 fully saturated rings. The molecule has 3 rings (SSSR count). The van der Waals surface area contributed by atoms with Gasteiger partial charge in [0.05, 0.1) is 38.3 Å². The van der Waals surface area contributed by atoms with Crippen LogP contribution in [0, 0.1) is 0 Å². The zero-order valence-electron chi connectivity index (χ0n) is 19.9. The summed E-state index contributed by atoms with van der Waals surface area (Å²) in [6, 6.07) is 8.43. The van der Waals surface area contributed by atoms with Gasteiger partial charge < -0.3 is 36.2 Å². The van der Waals surface area contributed by atoms with Crippen LogP contribution < -0.4 is 21.3 Å². The quantitative estimate of drug-likeness (QED) is 0.240. The van der Waals surface area contributed by atoms with Gasteiger partial charge in [-0.25, -0.2) is 0 Å². The van der Waals surface area contributed by atoms with E-state index in [-0.39, 0.29) is 37.4 Å². The van der Waals surface area contributed by atoms with Gasteiger partial charge >= 0.3 is 5.97 Å². The van der Waals surface area contributed by atoms with E-state index in [2.05, 4.69) is 42.2 Å². The summed E-state index contributed by atoms with van der Waals surface area (Å²) in [5.41, 5.74) is 1.08. The second-order valence-corrected chi connectivity index (χ2v) is 9.48. The van der Waals surface area contributed by atoms with Crippen LogP contribution in [0.25, 0.3) is 0 Å². The standard InChI is InChI=1S/C24H27BrClN5O6/c1-2-37-22(35)9-20(13-3-15(25)7-16(26)4-13)31-21(34)12-27-23(36)14-5-17(8-18(32)6-14)30-24-28-10-19(33)11-29-24/h3-8,19-20,32-33H,2,9-12H2,1H3,(H,27,36)(H,31,34)(H2,28,29,30). The van der Waals surface area contributed by atoms with Gasteiger partial charge in [-0.3, -0.25) is 19.4 Å². The average Bonchev–Trinajstić information content (AvgIpc) is 2.83. The number of benzene rings is 2. The molecule has 2 aromatic carbocycles. The zero-order chi connectivity index (χ0) is 26.9. The number of β-amino-alcohol motifs (C(OH)–C–C–N with tert-alkyl or cyclic N) is 1. The maximum Gasteiger partial charge on any atom is 0.308 e. The Bertz CT molecular complexity index is 1170. The number of nitrogens with zero attached hydrogens (tertiary/aromatic N) is 1. The SMILES string of the molecule is CCOC(=O)CC(NC(=O)CNC(=O)c1cc(O)cc(NC2=NCC(O)CN2)c1)c1cc(Cl)cc(Br)c1. The number of halogens is 2. The van der Waals surface area contributed by atoms with E-state index in [9.17, 15) is 24.6 Å². The van der Waals surface area contributed by atoms with E-state index < -0.39 is 29.9 Å². The number of anilines is 1. The van der Waals surface area contributed by atoms with Gasteiger partial charge in [0, 0.05) is 33.4 Å². The maximum absolute atomic E-state index is 12.7. The van der Waals surface area contributed by atoms with Crippen molar-refractivity contribution in [2.45, 2.75) is 25.5 Å². The van der Waals surface area contributed by atoms with E-state index in [0.29, 0.717) is 33.3 Å². The van der Waals surface area contributed by atoms with Gasteiger partial charge in [0.1, 0.15) is 5.75 Å². The number of carbonyl (C=O) groups excluding carboxylic acids is 3. The molecule has 0 saturated heterocycles. The van der Waals surface area contributed by atoms with Crippen molar-refractivity contribution >= 4 is 57.0 Å². The molecular formula is C24H27BrClN5O6. The zero-order valence-corrected chi connectivity index (χ0v) is 22.2. The van der Waals surface area contributed by atoms with Crippen LogP contribution in [0.15, 0.2) is 45.9 Å². The highest BCUT2D eigenvalue weighted by molar-refractivity contribution is 9.10. The number of hydrogen-bond donors (Lipinski definition) is 6. The van der Waals surface area contributed by atoms with Crippen molar-refractivity contribution in [3.63, 3.8) is 0 Å². The summed E-state index contributed by atoms with van der Waals surface area (Å²) in [6.07, 6.45) is -0.712. The number of amides is 2. The number of guanidine groups is 1. The summed E-state index contributed by atoms with van der Waals surface area (Å²) < 4.78 is 5.69. The maximum atomic E-state index is 12.7. The lowest BCUT2D eigenvalue weighted by molar-refractivity contribution is -0.143. The summed E-state index contributed by atoms with van der Waals surface area (Å²) >= 11 is 9.48. The van der Waals surface area contributed by atoms with Crippen LogP contribution in [0.4, 0.5) is 5.69 Å². The number of aromatic hydroxyl groups is 1. The van der Waals surface area contributed by atoms with Crippen molar-refractivity contribution in [1.82, 2.24) is 16.0 Å². The molecule has 11 nitrogen and oxygen atoms in total. The van der Waals surface area contributed by atoms with Crippen LogP contribution in [-0.2, 0) is 14.3 Å². The molecule has 2 amide bonds. The van der Waals surface area contributed by atoms with Crippen molar-refractivity contribution in [2.75, 3.05) is 31.6 Å². The Morgan fingerprint density at radius 1 is 1.24 bits per heavy atom. The fourth-order valence-corrected chi connectivity index (χ4v) is 4.38. The summed E-state index contributed by atoms with van der Waals surface area (Å²) in [5.74, 6) is -1.43. The van der Waals surface area contributed by atoms with Crippen LogP contribution in [0.2, 0.25) is 5.02 Å². The van der Waals surface area contributed by atoms with Crippen molar-refractivity contribution in [2.24, 2.45) is 4.99 Å². The van der Waals surface area contributed by atoms with Gasteiger partial charge in [-0.05, 0) is 42.8 Å². The molecule has 2 aromatic rings. The molecule has 0 spiro atoms. The predicted octanol–water partition coefficient (Wildman–Crippen LogP) is 2.08. The van der Waals surface area contributed by atoms with E-state index in [1.54, 1.807) is 25.1 Å². The second kappa shape index (κ2) is 13.3. The molecule has 0 radical (unpaired) electrons. The first-order valence-corrected chi connectivity index (χ1v) is 12.6. The van der Waals surface area contributed by atoms with Gasteiger partial charge in [-0.2, -0.15) is 0 Å². The topological polar surface area (TPSA) is 161 Å². The monoisotopic (exact) mass is 595 g/mol.